The Morgan fingerprint density at radius 3 is 2.69 bits per heavy atom. The van der Waals surface area contributed by atoms with E-state index in [4.69, 9.17) is 14.5 Å². The summed E-state index contributed by atoms with van der Waals surface area (Å²) in [4.78, 5) is 17.0. The molecule has 5 heteroatoms. The number of imidazole rings is 1. The third-order valence-electron chi connectivity index (χ3n) is 5.85. The molecule has 26 heavy (non-hydrogen) atoms. The molecule has 0 saturated heterocycles. The SMILES string of the molecule is COc1ccc(Cn2cnc3c2CCOC32CCC(=O)C(C)(C)C2)cc1. The molecule has 1 aromatic carbocycles. The van der Waals surface area contributed by atoms with Gasteiger partial charge in [0.1, 0.15) is 17.1 Å². The van der Waals surface area contributed by atoms with Crippen LogP contribution < -0.4 is 4.74 Å². The van der Waals surface area contributed by atoms with Gasteiger partial charge in [-0.05, 0) is 30.5 Å². The smallest absolute Gasteiger partial charge is 0.138 e. The zero-order valence-electron chi connectivity index (χ0n) is 15.7. The minimum Gasteiger partial charge on any atom is -0.497 e. The molecule has 5 nitrogen and oxygen atoms in total. The van der Waals surface area contributed by atoms with Gasteiger partial charge in [0.2, 0.25) is 0 Å². The summed E-state index contributed by atoms with van der Waals surface area (Å²) < 4.78 is 13.7. The Bertz CT molecular complexity index is 822. The highest BCUT2D eigenvalue weighted by atomic mass is 16.5. The fourth-order valence-corrected chi connectivity index (χ4v) is 4.41. The highest BCUT2D eigenvalue weighted by Gasteiger charge is 2.50. The number of hydrogen-bond acceptors (Lipinski definition) is 4. The fourth-order valence-electron chi connectivity index (χ4n) is 4.41. The normalized spacial score (nSPS) is 24.5. The second-order valence-electron chi connectivity index (χ2n) is 8.09. The predicted octanol–water partition coefficient (Wildman–Crippen LogP) is 3.49. The Labute approximate surface area is 154 Å². The first-order chi connectivity index (χ1) is 12.4. The third kappa shape index (κ3) is 2.84. The van der Waals surface area contributed by atoms with Crippen molar-refractivity contribution in [1.29, 1.82) is 0 Å². The van der Waals surface area contributed by atoms with Crippen LogP contribution in [0.1, 0.15) is 50.1 Å². The van der Waals surface area contributed by atoms with Crippen LogP contribution in [0, 0.1) is 5.41 Å². The van der Waals surface area contributed by atoms with Crippen molar-refractivity contribution in [3.8, 4) is 5.75 Å². The summed E-state index contributed by atoms with van der Waals surface area (Å²) in [5.74, 6) is 1.19. The van der Waals surface area contributed by atoms with Crippen molar-refractivity contribution >= 4 is 5.78 Å². The largest absolute Gasteiger partial charge is 0.497 e. The van der Waals surface area contributed by atoms with Gasteiger partial charge in [-0.2, -0.15) is 0 Å². The van der Waals surface area contributed by atoms with Crippen LogP contribution in [0.3, 0.4) is 0 Å². The second kappa shape index (κ2) is 6.23. The fraction of sp³-hybridized carbons (Fsp3) is 0.524. The molecule has 0 amide bonds. The van der Waals surface area contributed by atoms with Gasteiger partial charge in [-0.25, -0.2) is 4.98 Å². The number of ketones is 1. The summed E-state index contributed by atoms with van der Waals surface area (Å²) in [5, 5.41) is 0. The van der Waals surface area contributed by atoms with E-state index in [9.17, 15) is 4.79 Å². The van der Waals surface area contributed by atoms with Crippen molar-refractivity contribution in [2.45, 2.75) is 51.7 Å². The van der Waals surface area contributed by atoms with Crippen molar-refractivity contribution in [3.05, 3.63) is 47.5 Å². The van der Waals surface area contributed by atoms with Crippen LogP contribution in [-0.2, 0) is 28.1 Å². The molecule has 1 aliphatic carbocycles. The monoisotopic (exact) mass is 354 g/mol. The Balaban J connectivity index is 1.63. The van der Waals surface area contributed by atoms with E-state index in [0.717, 1.165) is 30.8 Å². The van der Waals surface area contributed by atoms with Gasteiger partial charge in [0.25, 0.3) is 0 Å². The number of hydrogen-bond donors (Lipinski definition) is 0. The van der Waals surface area contributed by atoms with Crippen LogP contribution in [-0.4, -0.2) is 29.1 Å². The van der Waals surface area contributed by atoms with Crippen LogP contribution in [0.25, 0.3) is 0 Å². The number of Topliss-reactive ketones (excluding diaryl/α,β-unsaturated/α-hetero) is 1. The lowest BCUT2D eigenvalue weighted by molar-refractivity contribution is -0.150. The van der Waals surface area contributed by atoms with Gasteiger partial charge >= 0.3 is 0 Å². The van der Waals surface area contributed by atoms with E-state index in [2.05, 4.69) is 16.7 Å². The number of methoxy groups -OCH3 is 1. The van der Waals surface area contributed by atoms with Gasteiger partial charge in [-0.15, -0.1) is 0 Å². The van der Waals surface area contributed by atoms with Crippen LogP contribution in [0.4, 0.5) is 0 Å². The molecule has 1 saturated carbocycles. The molecule has 1 unspecified atom stereocenters. The van der Waals surface area contributed by atoms with Gasteiger partial charge in [-0.3, -0.25) is 4.79 Å². The van der Waals surface area contributed by atoms with Crippen molar-refractivity contribution in [2.75, 3.05) is 13.7 Å². The van der Waals surface area contributed by atoms with Crippen LogP contribution in [0.2, 0.25) is 0 Å². The maximum atomic E-state index is 12.3. The Morgan fingerprint density at radius 1 is 1.23 bits per heavy atom. The zero-order chi connectivity index (χ0) is 18.4. The molecular formula is C21H26N2O3. The minimum atomic E-state index is -0.407. The summed E-state index contributed by atoms with van der Waals surface area (Å²) in [6.45, 7) is 5.53. The molecule has 0 bridgehead atoms. The number of nitrogens with zero attached hydrogens (tertiary/aromatic N) is 2. The van der Waals surface area contributed by atoms with Crippen LogP contribution in [0.15, 0.2) is 30.6 Å². The lowest BCUT2D eigenvalue weighted by Crippen LogP contribution is -2.46. The molecule has 138 valence electrons. The van der Waals surface area contributed by atoms with Gasteiger partial charge in [-0.1, -0.05) is 26.0 Å². The molecule has 2 aromatic rings. The molecule has 0 N–H and O–H groups in total. The van der Waals surface area contributed by atoms with Crippen molar-refractivity contribution in [2.24, 2.45) is 5.41 Å². The van der Waals surface area contributed by atoms with E-state index in [-0.39, 0.29) is 5.41 Å². The van der Waals surface area contributed by atoms with Gasteiger partial charge in [0.15, 0.2) is 0 Å². The minimum absolute atomic E-state index is 0.330. The van der Waals surface area contributed by atoms with E-state index in [0.29, 0.717) is 25.2 Å². The average molecular weight is 354 g/mol. The lowest BCUT2D eigenvalue weighted by atomic mass is 9.67. The first kappa shape index (κ1) is 17.3. The Kier molecular flexibility index (Phi) is 4.14. The third-order valence-corrected chi connectivity index (χ3v) is 5.85. The summed E-state index contributed by atoms with van der Waals surface area (Å²) in [7, 11) is 1.68. The van der Waals surface area contributed by atoms with Gasteiger partial charge in [0, 0.05) is 30.5 Å². The number of fused-ring (bicyclic) bond motifs is 2. The molecule has 1 fully saturated rings. The number of rotatable bonds is 3. The van der Waals surface area contributed by atoms with Gasteiger partial charge < -0.3 is 14.0 Å². The summed E-state index contributed by atoms with van der Waals surface area (Å²) >= 11 is 0. The first-order valence-corrected chi connectivity index (χ1v) is 9.28. The van der Waals surface area contributed by atoms with E-state index in [1.807, 2.05) is 32.3 Å². The highest BCUT2D eigenvalue weighted by Crippen LogP contribution is 2.49. The summed E-state index contributed by atoms with van der Waals surface area (Å²) in [5.41, 5.74) is 2.74. The Hall–Kier alpha value is -2.14. The van der Waals surface area contributed by atoms with Crippen molar-refractivity contribution in [1.82, 2.24) is 9.55 Å². The van der Waals surface area contributed by atoms with E-state index >= 15 is 0 Å². The molecule has 2 aliphatic rings. The second-order valence-corrected chi connectivity index (χ2v) is 8.09. The van der Waals surface area contributed by atoms with E-state index in [1.165, 1.54) is 11.3 Å². The number of carbonyl (C=O) groups excluding carboxylic acids is 1. The summed E-state index contributed by atoms with van der Waals surface area (Å²) in [6, 6.07) is 8.14. The maximum Gasteiger partial charge on any atom is 0.138 e. The average Bonchev–Trinajstić information content (AvgIpc) is 3.04. The number of aromatic nitrogens is 2. The number of benzene rings is 1. The quantitative estimate of drug-likeness (QED) is 0.847. The van der Waals surface area contributed by atoms with Gasteiger partial charge in [0.05, 0.1) is 25.7 Å². The van der Waals surface area contributed by atoms with Crippen LogP contribution >= 0.6 is 0 Å². The van der Waals surface area contributed by atoms with E-state index in [1.54, 1.807) is 7.11 Å². The van der Waals surface area contributed by atoms with E-state index < -0.39 is 5.60 Å². The lowest BCUT2D eigenvalue weighted by Gasteiger charge is -2.45. The summed E-state index contributed by atoms with van der Waals surface area (Å²) in [6.07, 6.45) is 4.81. The van der Waals surface area contributed by atoms with Crippen molar-refractivity contribution < 1.29 is 14.3 Å². The van der Waals surface area contributed by atoms with Crippen LogP contribution in [0.5, 0.6) is 5.75 Å². The molecule has 1 spiro atoms. The van der Waals surface area contributed by atoms with Crippen molar-refractivity contribution in [3.63, 3.8) is 0 Å². The molecule has 1 aromatic heterocycles. The topological polar surface area (TPSA) is 53.4 Å². The molecule has 1 aliphatic heterocycles. The maximum absolute atomic E-state index is 12.3. The molecule has 4 rings (SSSR count). The molecule has 0 radical (unpaired) electrons. The number of ether oxygens (including phenoxy) is 2. The highest BCUT2D eigenvalue weighted by molar-refractivity contribution is 5.85. The molecule has 2 heterocycles. The first-order valence-electron chi connectivity index (χ1n) is 9.28. The Morgan fingerprint density at radius 2 is 2.00 bits per heavy atom. The predicted molar refractivity (Wildman–Crippen MR) is 98.3 cm³/mol. The molecular weight excluding hydrogens is 328 g/mol. The zero-order valence-corrected chi connectivity index (χ0v) is 15.7. The number of carbonyl (C=O) groups is 1. The standard InChI is InChI=1S/C21H26N2O3/c1-20(2)13-21(10-8-18(20)24)19-17(9-11-26-21)23(14-22-19)12-15-4-6-16(25-3)7-5-15/h4-7,14H,8-13H2,1-3H3. The molecule has 1 atom stereocenters.